The molecule has 0 saturated carbocycles. The standard InChI is InChI=1S/C16H23N5O2/c1-11(2)10-17-16(22)15(21-12(3)18-19-20-21)9-13-6-5-7-14(8-13)23-4/h5-8,11,15H,9-10H2,1-4H3,(H,17,22)/t15-/m0/s1. The van der Waals surface area contributed by atoms with Crippen molar-refractivity contribution in [2.45, 2.75) is 33.2 Å². The van der Waals surface area contributed by atoms with E-state index in [2.05, 4.69) is 34.7 Å². The largest absolute Gasteiger partial charge is 0.497 e. The number of aryl methyl sites for hydroxylation is 1. The van der Waals surface area contributed by atoms with Crippen LogP contribution in [0.25, 0.3) is 0 Å². The number of nitrogens with zero attached hydrogens (tertiary/aromatic N) is 4. The van der Waals surface area contributed by atoms with Crippen LogP contribution in [0, 0.1) is 12.8 Å². The lowest BCUT2D eigenvalue weighted by Crippen LogP contribution is -2.36. The lowest BCUT2D eigenvalue weighted by atomic mass is 10.0. The van der Waals surface area contributed by atoms with E-state index in [0.29, 0.717) is 24.7 Å². The van der Waals surface area contributed by atoms with E-state index in [1.165, 1.54) is 0 Å². The van der Waals surface area contributed by atoms with Crippen LogP contribution in [-0.4, -0.2) is 39.8 Å². The average Bonchev–Trinajstić information content (AvgIpc) is 2.96. The number of hydrogen-bond donors (Lipinski definition) is 1. The average molecular weight is 317 g/mol. The van der Waals surface area contributed by atoms with Gasteiger partial charge in [0.25, 0.3) is 0 Å². The minimum atomic E-state index is -0.490. The number of tetrazole rings is 1. The van der Waals surface area contributed by atoms with E-state index in [4.69, 9.17) is 4.74 Å². The number of hydrogen-bond acceptors (Lipinski definition) is 5. The van der Waals surface area contributed by atoms with Crippen LogP contribution in [0.5, 0.6) is 5.75 Å². The van der Waals surface area contributed by atoms with E-state index in [0.717, 1.165) is 11.3 Å². The molecular weight excluding hydrogens is 294 g/mol. The molecule has 0 radical (unpaired) electrons. The third-order valence-corrected chi connectivity index (χ3v) is 3.50. The Balaban J connectivity index is 2.22. The second kappa shape index (κ2) is 7.71. The van der Waals surface area contributed by atoms with Gasteiger partial charge in [-0.3, -0.25) is 4.79 Å². The third-order valence-electron chi connectivity index (χ3n) is 3.50. The van der Waals surface area contributed by atoms with E-state index in [1.807, 2.05) is 24.3 Å². The molecule has 1 aromatic carbocycles. The zero-order chi connectivity index (χ0) is 16.8. The summed E-state index contributed by atoms with van der Waals surface area (Å²) >= 11 is 0. The molecule has 1 aromatic heterocycles. The van der Waals surface area contributed by atoms with Crippen molar-refractivity contribution >= 4 is 5.91 Å². The van der Waals surface area contributed by atoms with Gasteiger partial charge >= 0.3 is 0 Å². The Morgan fingerprint density at radius 2 is 2.17 bits per heavy atom. The van der Waals surface area contributed by atoms with Gasteiger partial charge in [-0.2, -0.15) is 0 Å². The summed E-state index contributed by atoms with van der Waals surface area (Å²) in [5, 5.41) is 14.5. The summed E-state index contributed by atoms with van der Waals surface area (Å²) in [5.41, 5.74) is 0.990. The van der Waals surface area contributed by atoms with E-state index >= 15 is 0 Å². The molecule has 0 aliphatic heterocycles. The summed E-state index contributed by atoms with van der Waals surface area (Å²) in [6.45, 7) is 6.52. The Morgan fingerprint density at radius 3 is 2.78 bits per heavy atom. The Bertz CT molecular complexity index is 653. The van der Waals surface area contributed by atoms with Gasteiger partial charge in [-0.25, -0.2) is 4.68 Å². The Labute approximate surface area is 136 Å². The van der Waals surface area contributed by atoms with Gasteiger partial charge in [0.2, 0.25) is 5.91 Å². The van der Waals surface area contributed by atoms with Crippen molar-refractivity contribution in [3.63, 3.8) is 0 Å². The van der Waals surface area contributed by atoms with Crippen LogP contribution in [0.2, 0.25) is 0 Å². The van der Waals surface area contributed by atoms with Crippen molar-refractivity contribution in [1.29, 1.82) is 0 Å². The summed E-state index contributed by atoms with van der Waals surface area (Å²) in [7, 11) is 1.62. The predicted octanol–water partition coefficient (Wildman–Crippen LogP) is 1.55. The minimum Gasteiger partial charge on any atom is -0.497 e. The van der Waals surface area contributed by atoms with Gasteiger partial charge in [0.1, 0.15) is 17.6 Å². The van der Waals surface area contributed by atoms with Gasteiger partial charge in [-0.05, 0) is 41.0 Å². The molecule has 7 nitrogen and oxygen atoms in total. The second-order valence-corrected chi connectivity index (χ2v) is 5.88. The zero-order valence-corrected chi connectivity index (χ0v) is 14.0. The predicted molar refractivity (Wildman–Crippen MR) is 86.1 cm³/mol. The van der Waals surface area contributed by atoms with E-state index in [9.17, 15) is 4.79 Å². The molecule has 1 N–H and O–H groups in total. The first kappa shape index (κ1) is 16.9. The monoisotopic (exact) mass is 317 g/mol. The Morgan fingerprint density at radius 1 is 1.39 bits per heavy atom. The van der Waals surface area contributed by atoms with Gasteiger partial charge in [0.05, 0.1) is 7.11 Å². The van der Waals surface area contributed by atoms with E-state index < -0.39 is 6.04 Å². The summed E-state index contributed by atoms with van der Waals surface area (Å²) < 4.78 is 6.81. The SMILES string of the molecule is COc1cccc(C[C@@H](C(=O)NCC(C)C)n2nnnc2C)c1. The summed E-state index contributed by atoms with van der Waals surface area (Å²) in [6.07, 6.45) is 0.493. The second-order valence-electron chi connectivity index (χ2n) is 5.88. The molecule has 7 heteroatoms. The highest BCUT2D eigenvalue weighted by atomic mass is 16.5. The fourth-order valence-corrected chi connectivity index (χ4v) is 2.26. The van der Waals surface area contributed by atoms with Crippen molar-refractivity contribution in [3.05, 3.63) is 35.7 Å². The van der Waals surface area contributed by atoms with Gasteiger partial charge in [-0.1, -0.05) is 26.0 Å². The van der Waals surface area contributed by atoms with Crippen molar-refractivity contribution < 1.29 is 9.53 Å². The number of benzene rings is 1. The van der Waals surface area contributed by atoms with Crippen LogP contribution in [-0.2, 0) is 11.2 Å². The van der Waals surface area contributed by atoms with Gasteiger partial charge in [0.15, 0.2) is 0 Å². The molecule has 2 rings (SSSR count). The number of carbonyl (C=O) groups excluding carboxylic acids is 1. The quantitative estimate of drug-likeness (QED) is 0.838. The van der Waals surface area contributed by atoms with E-state index in [-0.39, 0.29) is 5.91 Å². The van der Waals surface area contributed by atoms with Crippen LogP contribution >= 0.6 is 0 Å². The van der Waals surface area contributed by atoms with Crippen LogP contribution in [0.3, 0.4) is 0 Å². The number of aromatic nitrogens is 4. The molecule has 0 bridgehead atoms. The van der Waals surface area contributed by atoms with Crippen molar-refractivity contribution in [3.8, 4) is 5.75 Å². The van der Waals surface area contributed by atoms with E-state index in [1.54, 1.807) is 18.7 Å². The fraction of sp³-hybridized carbons (Fsp3) is 0.500. The molecule has 23 heavy (non-hydrogen) atoms. The van der Waals surface area contributed by atoms with Gasteiger partial charge < -0.3 is 10.1 Å². The first-order valence-corrected chi connectivity index (χ1v) is 7.66. The van der Waals surface area contributed by atoms with Gasteiger partial charge in [0, 0.05) is 13.0 Å². The maximum Gasteiger partial charge on any atom is 0.245 e. The molecule has 1 amide bonds. The number of rotatable bonds is 7. The molecule has 1 atom stereocenters. The molecule has 0 saturated heterocycles. The van der Waals surface area contributed by atoms with Crippen molar-refractivity contribution in [1.82, 2.24) is 25.5 Å². The molecule has 2 aromatic rings. The summed E-state index contributed by atoms with van der Waals surface area (Å²) in [4.78, 5) is 12.6. The third kappa shape index (κ3) is 4.51. The normalized spacial score (nSPS) is 12.2. The first-order chi connectivity index (χ1) is 11.0. The molecule has 0 aliphatic carbocycles. The van der Waals surface area contributed by atoms with Crippen molar-refractivity contribution in [2.24, 2.45) is 5.92 Å². The minimum absolute atomic E-state index is 0.0862. The van der Waals surface area contributed by atoms with Crippen LogP contribution in [0.4, 0.5) is 0 Å². The number of amides is 1. The zero-order valence-electron chi connectivity index (χ0n) is 14.0. The molecular formula is C16H23N5O2. The lowest BCUT2D eigenvalue weighted by Gasteiger charge is -2.18. The van der Waals surface area contributed by atoms with Crippen molar-refractivity contribution in [2.75, 3.05) is 13.7 Å². The summed E-state index contributed by atoms with van der Waals surface area (Å²) in [6, 6.07) is 7.17. The fourth-order valence-electron chi connectivity index (χ4n) is 2.26. The highest BCUT2D eigenvalue weighted by molar-refractivity contribution is 5.80. The molecule has 0 aliphatic rings. The topological polar surface area (TPSA) is 81.9 Å². The van der Waals surface area contributed by atoms with Crippen LogP contribution in [0.1, 0.15) is 31.3 Å². The number of carbonyl (C=O) groups is 1. The maximum atomic E-state index is 12.6. The molecule has 124 valence electrons. The Hall–Kier alpha value is -2.44. The van der Waals surface area contributed by atoms with Gasteiger partial charge in [-0.15, -0.1) is 5.10 Å². The number of nitrogens with one attached hydrogen (secondary N) is 1. The summed E-state index contributed by atoms with van der Waals surface area (Å²) in [5.74, 6) is 1.66. The molecule has 0 unspecified atom stereocenters. The van der Waals surface area contributed by atoms with Crippen LogP contribution < -0.4 is 10.1 Å². The molecule has 0 fully saturated rings. The molecule has 1 heterocycles. The highest BCUT2D eigenvalue weighted by Gasteiger charge is 2.24. The lowest BCUT2D eigenvalue weighted by molar-refractivity contribution is -0.124. The maximum absolute atomic E-state index is 12.6. The van der Waals surface area contributed by atoms with Crippen LogP contribution in [0.15, 0.2) is 24.3 Å². The highest BCUT2D eigenvalue weighted by Crippen LogP contribution is 2.19. The number of ether oxygens (including phenoxy) is 1. The smallest absolute Gasteiger partial charge is 0.245 e. The first-order valence-electron chi connectivity index (χ1n) is 7.66. The number of methoxy groups -OCH3 is 1. The molecule has 0 spiro atoms. The Kier molecular flexibility index (Phi) is 5.67.